The maximum Gasteiger partial charge on any atom is 0.310 e. The Morgan fingerprint density at radius 2 is 2.25 bits per heavy atom. The van der Waals surface area contributed by atoms with E-state index < -0.39 is 11.4 Å². The van der Waals surface area contributed by atoms with Gasteiger partial charge in [0, 0.05) is 19.1 Å². The molecule has 1 saturated heterocycles. The second kappa shape index (κ2) is 4.36. The molecule has 0 amide bonds. The fraction of sp³-hybridized carbons (Fsp3) is 0.923. The normalized spacial score (nSPS) is 32.9. The minimum atomic E-state index is -0.628. The van der Waals surface area contributed by atoms with Crippen molar-refractivity contribution in [1.82, 2.24) is 4.90 Å². The van der Waals surface area contributed by atoms with Crippen molar-refractivity contribution >= 4 is 5.97 Å². The van der Waals surface area contributed by atoms with E-state index in [1.807, 2.05) is 6.92 Å². The summed E-state index contributed by atoms with van der Waals surface area (Å²) in [5.74, 6) is 0.224. The average Bonchev–Trinajstić information content (AvgIpc) is 2.79. The lowest BCUT2D eigenvalue weighted by molar-refractivity contribution is -0.149. The molecular formula is C13H23NO2. The van der Waals surface area contributed by atoms with Crippen LogP contribution >= 0.6 is 0 Å². The summed E-state index contributed by atoms with van der Waals surface area (Å²) >= 11 is 0. The van der Waals surface area contributed by atoms with E-state index in [0.29, 0.717) is 6.04 Å². The number of hydrogen-bond acceptors (Lipinski definition) is 2. The van der Waals surface area contributed by atoms with Crippen LogP contribution in [-0.2, 0) is 4.79 Å². The molecule has 16 heavy (non-hydrogen) atoms. The number of rotatable bonds is 5. The molecule has 92 valence electrons. The van der Waals surface area contributed by atoms with Crippen molar-refractivity contribution in [2.75, 3.05) is 13.1 Å². The largest absolute Gasteiger partial charge is 0.481 e. The first-order valence-electron chi connectivity index (χ1n) is 6.52. The molecule has 2 rings (SSSR count). The molecule has 0 aromatic carbocycles. The van der Waals surface area contributed by atoms with E-state index in [0.717, 1.165) is 31.8 Å². The monoisotopic (exact) mass is 225 g/mol. The number of hydrogen-bond donors (Lipinski definition) is 1. The Kier molecular flexibility index (Phi) is 3.24. The summed E-state index contributed by atoms with van der Waals surface area (Å²) in [5, 5.41) is 9.37. The molecule has 1 aliphatic heterocycles. The van der Waals surface area contributed by atoms with E-state index in [9.17, 15) is 9.90 Å². The van der Waals surface area contributed by atoms with Gasteiger partial charge < -0.3 is 5.11 Å². The van der Waals surface area contributed by atoms with Crippen molar-refractivity contribution in [3.63, 3.8) is 0 Å². The Bertz CT molecular complexity index is 279. The smallest absolute Gasteiger partial charge is 0.310 e. The van der Waals surface area contributed by atoms with Gasteiger partial charge in [-0.3, -0.25) is 9.69 Å². The van der Waals surface area contributed by atoms with Gasteiger partial charge in [-0.15, -0.1) is 0 Å². The zero-order chi connectivity index (χ0) is 11.8. The minimum absolute atomic E-state index is 0.542. The van der Waals surface area contributed by atoms with Gasteiger partial charge in [-0.05, 0) is 38.5 Å². The Morgan fingerprint density at radius 3 is 2.69 bits per heavy atom. The zero-order valence-corrected chi connectivity index (χ0v) is 10.4. The second-order valence-electron chi connectivity index (χ2n) is 5.88. The summed E-state index contributed by atoms with van der Waals surface area (Å²) in [5.41, 5.74) is -0.542. The number of aliphatic carboxylic acids is 1. The number of carboxylic acid groups (broad SMARTS) is 1. The Balaban J connectivity index is 1.98. The van der Waals surface area contributed by atoms with Crippen molar-refractivity contribution < 1.29 is 9.90 Å². The predicted molar refractivity (Wildman–Crippen MR) is 63.4 cm³/mol. The van der Waals surface area contributed by atoms with Crippen LogP contribution in [0.3, 0.4) is 0 Å². The third kappa shape index (κ3) is 2.10. The Hall–Kier alpha value is -0.570. The minimum Gasteiger partial charge on any atom is -0.481 e. The number of likely N-dealkylation sites (tertiary alicyclic amines) is 1. The van der Waals surface area contributed by atoms with Crippen molar-refractivity contribution in [1.29, 1.82) is 0 Å². The summed E-state index contributed by atoms with van der Waals surface area (Å²) in [4.78, 5) is 13.8. The lowest BCUT2D eigenvalue weighted by Gasteiger charge is -2.34. The van der Waals surface area contributed by atoms with Gasteiger partial charge in [0.1, 0.15) is 0 Å². The number of nitrogens with zero attached hydrogens (tertiary/aromatic N) is 1. The highest BCUT2D eigenvalue weighted by molar-refractivity contribution is 5.74. The second-order valence-corrected chi connectivity index (χ2v) is 5.88. The molecule has 3 atom stereocenters. The molecule has 0 radical (unpaired) electrons. The molecule has 0 spiro atoms. The maximum absolute atomic E-state index is 11.4. The lowest BCUT2D eigenvalue weighted by Crippen LogP contribution is -2.44. The number of fused-ring (bicyclic) bond motifs is 2. The SMILES string of the molecule is CCCC(C)(CN1CC2CCC1C2)C(=O)O. The molecule has 3 heteroatoms. The molecule has 2 aliphatic rings. The molecule has 3 nitrogen and oxygen atoms in total. The van der Waals surface area contributed by atoms with Gasteiger partial charge in [-0.2, -0.15) is 0 Å². The Labute approximate surface area is 97.8 Å². The topological polar surface area (TPSA) is 40.5 Å². The molecule has 2 bridgehead atoms. The standard InChI is InChI=1S/C13H23NO2/c1-3-6-13(2,12(15)16)9-14-8-10-4-5-11(14)7-10/h10-11H,3-9H2,1-2H3,(H,15,16). The zero-order valence-electron chi connectivity index (χ0n) is 10.4. The first-order valence-corrected chi connectivity index (χ1v) is 6.52. The van der Waals surface area contributed by atoms with Gasteiger partial charge in [-0.25, -0.2) is 0 Å². The lowest BCUT2D eigenvalue weighted by atomic mass is 9.84. The van der Waals surface area contributed by atoms with E-state index in [2.05, 4.69) is 11.8 Å². The molecule has 2 fully saturated rings. The van der Waals surface area contributed by atoms with Crippen LogP contribution in [0.1, 0.15) is 46.0 Å². The highest BCUT2D eigenvalue weighted by Gasteiger charge is 2.42. The highest BCUT2D eigenvalue weighted by Crippen LogP contribution is 2.39. The molecule has 3 unspecified atom stereocenters. The van der Waals surface area contributed by atoms with Crippen molar-refractivity contribution in [2.24, 2.45) is 11.3 Å². The first kappa shape index (κ1) is 11.9. The van der Waals surface area contributed by atoms with Crippen LogP contribution in [0, 0.1) is 11.3 Å². The molecule has 0 aromatic heterocycles. The van der Waals surface area contributed by atoms with Crippen LogP contribution in [0.2, 0.25) is 0 Å². The summed E-state index contributed by atoms with van der Waals surface area (Å²) < 4.78 is 0. The van der Waals surface area contributed by atoms with Gasteiger partial charge in [0.05, 0.1) is 5.41 Å². The average molecular weight is 225 g/mol. The van der Waals surface area contributed by atoms with Crippen molar-refractivity contribution in [2.45, 2.75) is 52.0 Å². The fourth-order valence-electron chi connectivity index (χ4n) is 3.47. The number of carbonyl (C=O) groups is 1. The van der Waals surface area contributed by atoms with Crippen molar-refractivity contribution in [3.05, 3.63) is 0 Å². The van der Waals surface area contributed by atoms with Gasteiger partial charge in [0.15, 0.2) is 0 Å². The summed E-state index contributed by atoms with van der Waals surface area (Å²) in [6.07, 6.45) is 5.69. The maximum atomic E-state index is 11.4. The van der Waals surface area contributed by atoms with Crippen LogP contribution < -0.4 is 0 Å². The van der Waals surface area contributed by atoms with Crippen LogP contribution in [0.4, 0.5) is 0 Å². The molecule has 0 aromatic rings. The fourth-order valence-corrected chi connectivity index (χ4v) is 3.47. The van der Waals surface area contributed by atoms with E-state index >= 15 is 0 Å². The quantitative estimate of drug-likeness (QED) is 0.781. The first-order chi connectivity index (χ1) is 7.55. The van der Waals surface area contributed by atoms with Crippen molar-refractivity contribution in [3.8, 4) is 0 Å². The summed E-state index contributed by atoms with van der Waals surface area (Å²) in [6, 6.07) is 0.681. The number of carboxylic acids is 1. The molecule has 1 aliphatic carbocycles. The highest BCUT2D eigenvalue weighted by atomic mass is 16.4. The van der Waals surface area contributed by atoms with Crippen LogP contribution in [-0.4, -0.2) is 35.1 Å². The van der Waals surface area contributed by atoms with Crippen LogP contribution in [0.5, 0.6) is 0 Å². The van der Waals surface area contributed by atoms with E-state index in [1.165, 1.54) is 19.3 Å². The third-order valence-corrected chi connectivity index (χ3v) is 4.39. The Morgan fingerprint density at radius 1 is 1.50 bits per heavy atom. The van der Waals surface area contributed by atoms with E-state index in [4.69, 9.17) is 0 Å². The van der Waals surface area contributed by atoms with Crippen LogP contribution in [0.15, 0.2) is 0 Å². The van der Waals surface area contributed by atoms with Gasteiger partial charge >= 0.3 is 5.97 Å². The third-order valence-electron chi connectivity index (χ3n) is 4.39. The van der Waals surface area contributed by atoms with E-state index in [1.54, 1.807) is 0 Å². The number of piperidine rings is 1. The predicted octanol–water partition coefficient (Wildman–Crippen LogP) is 2.36. The molecule has 1 N–H and O–H groups in total. The van der Waals surface area contributed by atoms with Gasteiger partial charge in [0.2, 0.25) is 0 Å². The van der Waals surface area contributed by atoms with Gasteiger partial charge in [0.25, 0.3) is 0 Å². The summed E-state index contributed by atoms with van der Waals surface area (Å²) in [7, 11) is 0. The summed E-state index contributed by atoms with van der Waals surface area (Å²) in [6.45, 7) is 5.86. The van der Waals surface area contributed by atoms with Gasteiger partial charge in [-0.1, -0.05) is 13.3 Å². The molecule has 1 saturated carbocycles. The van der Waals surface area contributed by atoms with Crippen LogP contribution in [0.25, 0.3) is 0 Å². The van der Waals surface area contributed by atoms with E-state index in [-0.39, 0.29) is 0 Å². The molecular weight excluding hydrogens is 202 g/mol. The molecule has 1 heterocycles.